The number of aromatic nitrogens is 1. The molecular formula is C24H22NO3P. The van der Waals surface area contributed by atoms with E-state index in [0.717, 1.165) is 28.1 Å². The second-order valence-corrected chi connectivity index (χ2v) is 8.68. The van der Waals surface area contributed by atoms with Crippen LogP contribution in [0.3, 0.4) is 0 Å². The summed E-state index contributed by atoms with van der Waals surface area (Å²) in [4.78, 5) is 0. The third kappa shape index (κ3) is 3.58. The first-order valence-electron chi connectivity index (χ1n) is 9.32. The van der Waals surface area contributed by atoms with Gasteiger partial charge in [0.25, 0.3) is 0 Å². The molecule has 0 aliphatic carbocycles. The lowest BCUT2D eigenvalue weighted by Crippen LogP contribution is -2.20. The molecule has 3 aromatic carbocycles. The fraction of sp³-hybridized carbons (Fsp3) is 0.0833. The molecule has 29 heavy (non-hydrogen) atoms. The van der Waals surface area contributed by atoms with Crippen molar-refractivity contribution in [2.24, 2.45) is 0 Å². The van der Waals surface area contributed by atoms with Gasteiger partial charge in [-0.3, -0.25) is 4.57 Å². The second kappa shape index (κ2) is 8.22. The summed E-state index contributed by atoms with van der Waals surface area (Å²) in [6, 6.07) is 31.8. The molecule has 4 aromatic rings. The molecule has 4 nitrogen and oxygen atoms in total. The third-order valence-corrected chi connectivity index (χ3v) is 6.80. The van der Waals surface area contributed by atoms with E-state index >= 15 is 0 Å². The van der Waals surface area contributed by atoms with Gasteiger partial charge in [-0.1, -0.05) is 78.9 Å². The highest BCUT2D eigenvalue weighted by atomic mass is 31.2. The average Bonchev–Trinajstić information content (AvgIpc) is 3.22. The molecule has 0 fully saturated rings. The van der Waals surface area contributed by atoms with Crippen molar-refractivity contribution in [3.63, 3.8) is 0 Å². The molecule has 0 N–H and O–H groups in total. The molecule has 0 aliphatic rings. The molecule has 0 aliphatic heterocycles. The van der Waals surface area contributed by atoms with Gasteiger partial charge in [0.05, 0.1) is 5.69 Å². The molecule has 1 heterocycles. The van der Waals surface area contributed by atoms with Gasteiger partial charge in [0.15, 0.2) is 0 Å². The number of hydrogen-bond acceptors (Lipinski definition) is 3. The molecule has 146 valence electrons. The van der Waals surface area contributed by atoms with Crippen molar-refractivity contribution < 1.29 is 13.6 Å². The van der Waals surface area contributed by atoms with E-state index < -0.39 is 7.60 Å². The molecule has 0 spiro atoms. The lowest BCUT2D eigenvalue weighted by Gasteiger charge is -2.20. The summed E-state index contributed by atoms with van der Waals surface area (Å²) in [5.74, 6) is 0. The standard InChI is InChI=1S/C24H22NO3P/c1-27-29(26,28-2)24-22(19-12-6-3-7-13-19)18-23(20-14-8-4-9-15-20)25(24)21-16-10-5-11-17-21/h3-18H,1-2H3. The average molecular weight is 403 g/mol. The van der Waals surface area contributed by atoms with Gasteiger partial charge in [0, 0.05) is 25.5 Å². The Balaban J connectivity index is 2.13. The van der Waals surface area contributed by atoms with Crippen molar-refractivity contribution in [2.75, 3.05) is 14.2 Å². The summed E-state index contributed by atoms with van der Waals surface area (Å²) in [6.07, 6.45) is 0. The molecule has 0 amide bonds. The largest absolute Gasteiger partial charge is 0.378 e. The zero-order valence-electron chi connectivity index (χ0n) is 16.4. The minimum atomic E-state index is -3.58. The summed E-state index contributed by atoms with van der Waals surface area (Å²) in [7, 11) is -0.736. The second-order valence-electron chi connectivity index (χ2n) is 6.53. The topological polar surface area (TPSA) is 40.5 Å². The van der Waals surface area contributed by atoms with Crippen LogP contribution >= 0.6 is 7.60 Å². The van der Waals surface area contributed by atoms with Crippen LogP contribution in [0.25, 0.3) is 28.1 Å². The minimum absolute atomic E-state index is 0.513. The maximum Gasteiger partial charge on any atom is 0.378 e. The van der Waals surface area contributed by atoms with Crippen LogP contribution < -0.4 is 5.44 Å². The Bertz CT molecular complexity index is 1130. The van der Waals surface area contributed by atoms with E-state index in [-0.39, 0.29) is 0 Å². The first-order chi connectivity index (χ1) is 14.2. The zero-order chi connectivity index (χ0) is 20.3. The highest BCUT2D eigenvalue weighted by Crippen LogP contribution is 2.50. The Morgan fingerprint density at radius 3 is 1.69 bits per heavy atom. The summed E-state index contributed by atoms with van der Waals surface area (Å²) < 4.78 is 26.6. The van der Waals surface area contributed by atoms with E-state index in [1.165, 1.54) is 14.2 Å². The Labute approximate surface area is 170 Å². The molecule has 0 atom stereocenters. The summed E-state index contributed by atoms with van der Waals surface area (Å²) in [5, 5.41) is 0. The normalized spacial score (nSPS) is 11.5. The van der Waals surface area contributed by atoms with Crippen LogP contribution in [0.4, 0.5) is 0 Å². The first kappa shape index (κ1) is 19.4. The Morgan fingerprint density at radius 1 is 0.690 bits per heavy atom. The third-order valence-electron chi connectivity index (χ3n) is 4.88. The summed E-state index contributed by atoms with van der Waals surface area (Å²) in [6.45, 7) is 0. The van der Waals surface area contributed by atoms with Gasteiger partial charge in [-0.15, -0.1) is 0 Å². The van der Waals surface area contributed by atoms with Crippen LogP contribution in [0.2, 0.25) is 0 Å². The Hall–Kier alpha value is -2.91. The van der Waals surface area contributed by atoms with Crippen LogP contribution in [0.15, 0.2) is 97.1 Å². The van der Waals surface area contributed by atoms with Crippen molar-refractivity contribution in [2.45, 2.75) is 0 Å². The highest BCUT2D eigenvalue weighted by Gasteiger charge is 2.35. The van der Waals surface area contributed by atoms with Gasteiger partial charge < -0.3 is 13.6 Å². The van der Waals surface area contributed by atoms with Gasteiger partial charge in [-0.05, 0) is 29.3 Å². The van der Waals surface area contributed by atoms with Crippen molar-refractivity contribution >= 4 is 13.0 Å². The molecule has 0 saturated heterocycles. The van der Waals surface area contributed by atoms with E-state index in [9.17, 15) is 4.57 Å². The number of para-hydroxylation sites is 1. The SMILES string of the molecule is COP(=O)(OC)c1c(-c2ccccc2)cc(-c2ccccc2)n1-c1ccccc1. The van der Waals surface area contributed by atoms with E-state index in [4.69, 9.17) is 9.05 Å². The van der Waals surface area contributed by atoms with Gasteiger partial charge >= 0.3 is 7.60 Å². The molecular weight excluding hydrogens is 381 g/mol. The van der Waals surface area contributed by atoms with E-state index in [1.54, 1.807) is 0 Å². The van der Waals surface area contributed by atoms with Crippen LogP contribution in [-0.4, -0.2) is 18.8 Å². The lowest BCUT2D eigenvalue weighted by molar-refractivity contribution is 0.286. The lowest BCUT2D eigenvalue weighted by atomic mass is 10.1. The molecule has 0 unspecified atom stereocenters. The fourth-order valence-electron chi connectivity index (χ4n) is 3.51. The van der Waals surface area contributed by atoms with Crippen LogP contribution in [-0.2, 0) is 13.6 Å². The van der Waals surface area contributed by atoms with Crippen LogP contribution in [0, 0.1) is 0 Å². The molecule has 0 bridgehead atoms. The van der Waals surface area contributed by atoms with Crippen molar-refractivity contribution in [1.82, 2.24) is 4.57 Å². The van der Waals surface area contributed by atoms with Gasteiger partial charge in [-0.2, -0.15) is 0 Å². The zero-order valence-corrected chi connectivity index (χ0v) is 17.3. The molecule has 4 rings (SSSR count). The molecule has 1 aromatic heterocycles. The number of nitrogens with zero attached hydrogens (tertiary/aromatic N) is 1. The molecule has 5 heteroatoms. The fourth-order valence-corrected chi connectivity index (χ4v) is 4.96. The maximum absolute atomic E-state index is 13.7. The van der Waals surface area contributed by atoms with Crippen LogP contribution in [0.1, 0.15) is 0 Å². The monoisotopic (exact) mass is 403 g/mol. The first-order valence-corrected chi connectivity index (χ1v) is 10.9. The van der Waals surface area contributed by atoms with E-state index in [0.29, 0.717) is 5.44 Å². The number of hydrogen-bond donors (Lipinski definition) is 0. The number of rotatable bonds is 6. The molecule has 0 saturated carbocycles. The maximum atomic E-state index is 13.7. The number of benzene rings is 3. The molecule has 0 radical (unpaired) electrons. The smallest absolute Gasteiger partial charge is 0.308 e. The van der Waals surface area contributed by atoms with Crippen molar-refractivity contribution in [3.05, 3.63) is 97.1 Å². The summed E-state index contributed by atoms with van der Waals surface area (Å²) in [5.41, 5.74) is 5.10. The quantitative estimate of drug-likeness (QED) is 0.375. The van der Waals surface area contributed by atoms with Gasteiger partial charge in [-0.25, -0.2) is 0 Å². The van der Waals surface area contributed by atoms with Crippen LogP contribution in [0.5, 0.6) is 0 Å². The Kier molecular flexibility index (Phi) is 5.50. The van der Waals surface area contributed by atoms with Gasteiger partial charge in [0.1, 0.15) is 5.44 Å². The minimum Gasteiger partial charge on any atom is -0.308 e. The summed E-state index contributed by atoms with van der Waals surface area (Å²) >= 11 is 0. The van der Waals surface area contributed by atoms with Crippen molar-refractivity contribution in [3.8, 4) is 28.1 Å². The van der Waals surface area contributed by atoms with Gasteiger partial charge in [0.2, 0.25) is 0 Å². The predicted molar refractivity (Wildman–Crippen MR) is 118 cm³/mol. The van der Waals surface area contributed by atoms with E-state index in [2.05, 4.69) is 6.07 Å². The highest BCUT2D eigenvalue weighted by molar-refractivity contribution is 7.62. The van der Waals surface area contributed by atoms with E-state index in [1.807, 2.05) is 95.6 Å². The van der Waals surface area contributed by atoms with Crippen molar-refractivity contribution in [1.29, 1.82) is 0 Å². The predicted octanol–water partition coefficient (Wildman–Crippen LogP) is 5.92. The Morgan fingerprint density at radius 2 is 1.17 bits per heavy atom.